The number of morpholine rings is 1. The van der Waals surface area contributed by atoms with Gasteiger partial charge in [-0.3, -0.25) is 4.79 Å². The lowest BCUT2D eigenvalue weighted by atomic mass is 10.2. The summed E-state index contributed by atoms with van der Waals surface area (Å²) in [6, 6.07) is -0.466. The molecule has 1 aliphatic rings. The number of ether oxygens (including phenoxy) is 1. The van der Waals surface area contributed by atoms with E-state index >= 15 is 0 Å². The van der Waals surface area contributed by atoms with E-state index in [1.54, 1.807) is 4.90 Å². The number of rotatable bonds is 5. The molecule has 0 aromatic carbocycles. The molecule has 0 saturated carbocycles. The number of nitrogens with one attached hydrogen (secondary N) is 2. The minimum Gasteiger partial charge on any atom is -0.377 e. The van der Waals surface area contributed by atoms with E-state index < -0.39 is 6.04 Å². The minimum atomic E-state index is -0.466. The molecule has 1 saturated heterocycles. The molecule has 8 nitrogen and oxygen atoms in total. The van der Waals surface area contributed by atoms with E-state index in [0.29, 0.717) is 44.7 Å². The summed E-state index contributed by atoms with van der Waals surface area (Å²) in [6.45, 7) is 6.36. The van der Waals surface area contributed by atoms with Crippen LogP contribution in [-0.2, 0) is 9.53 Å². The molecule has 0 radical (unpaired) electrons. The first kappa shape index (κ1) is 15.7. The zero-order chi connectivity index (χ0) is 15.2. The maximum absolute atomic E-state index is 12.1. The Kier molecular flexibility index (Phi) is 5.51. The standard InChI is InChI=1S/C12H19ClN6O2/c1-3-14-9(20)8-7-21-6-5-19(8)12-17-10(13)16-11(18-12)15-4-2/h8H,3-7H2,1-2H3,(H,14,20)(H,15,16,17,18). The fraction of sp³-hybridized carbons (Fsp3) is 0.667. The molecule has 0 bridgehead atoms. The molecular weight excluding hydrogens is 296 g/mol. The molecule has 1 atom stereocenters. The second-order valence-electron chi connectivity index (χ2n) is 4.44. The second kappa shape index (κ2) is 7.37. The van der Waals surface area contributed by atoms with Crippen LogP contribution in [-0.4, -0.2) is 59.7 Å². The molecule has 2 heterocycles. The Hall–Kier alpha value is -1.67. The Morgan fingerprint density at radius 2 is 2.19 bits per heavy atom. The number of nitrogens with zero attached hydrogens (tertiary/aromatic N) is 4. The zero-order valence-electron chi connectivity index (χ0n) is 12.1. The van der Waals surface area contributed by atoms with Crippen LogP contribution in [0.25, 0.3) is 0 Å². The van der Waals surface area contributed by atoms with Gasteiger partial charge in [-0.05, 0) is 25.4 Å². The highest BCUT2D eigenvalue weighted by atomic mass is 35.5. The van der Waals surface area contributed by atoms with E-state index in [4.69, 9.17) is 16.3 Å². The number of likely N-dealkylation sites (N-methyl/N-ethyl adjacent to an activating group) is 1. The molecule has 1 fully saturated rings. The molecule has 1 aromatic heterocycles. The highest BCUT2D eigenvalue weighted by Gasteiger charge is 2.31. The van der Waals surface area contributed by atoms with Crippen molar-refractivity contribution >= 4 is 29.4 Å². The Morgan fingerprint density at radius 3 is 2.90 bits per heavy atom. The summed E-state index contributed by atoms with van der Waals surface area (Å²) in [5.74, 6) is 0.665. The summed E-state index contributed by atoms with van der Waals surface area (Å²) in [5, 5.41) is 5.88. The van der Waals surface area contributed by atoms with Crippen LogP contribution in [0.4, 0.5) is 11.9 Å². The maximum atomic E-state index is 12.1. The van der Waals surface area contributed by atoms with Gasteiger partial charge in [-0.25, -0.2) is 0 Å². The van der Waals surface area contributed by atoms with Crippen molar-refractivity contribution in [2.24, 2.45) is 0 Å². The van der Waals surface area contributed by atoms with E-state index in [1.807, 2.05) is 13.8 Å². The van der Waals surface area contributed by atoms with Gasteiger partial charge in [0.1, 0.15) is 6.04 Å². The van der Waals surface area contributed by atoms with Crippen molar-refractivity contribution in [3.8, 4) is 0 Å². The number of hydrogen-bond donors (Lipinski definition) is 2. The summed E-state index contributed by atoms with van der Waals surface area (Å²) in [6.07, 6.45) is 0. The second-order valence-corrected chi connectivity index (χ2v) is 4.78. The third kappa shape index (κ3) is 3.92. The summed E-state index contributed by atoms with van der Waals surface area (Å²) < 4.78 is 5.39. The van der Waals surface area contributed by atoms with Gasteiger partial charge in [-0.2, -0.15) is 15.0 Å². The molecule has 21 heavy (non-hydrogen) atoms. The van der Waals surface area contributed by atoms with Gasteiger partial charge in [-0.15, -0.1) is 0 Å². The third-order valence-electron chi connectivity index (χ3n) is 2.97. The predicted octanol–water partition coefficient (Wildman–Crippen LogP) is 0.298. The number of anilines is 2. The summed E-state index contributed by atoms with van der Waals surface area (Å²) in [4.78, 5) is 26.4. The molecule has 0 spiro atoms. The van der Waals surface area contributed by atoms with Crippen LogP contribution in [0.2, 0.25) is 5.28 Å². The van der Waals surface area contributed by atoms with Crippen molar-refractivity contribution in [3.05, 3.63) is 5.28 Å². The lowest BCUT2D eigenvalue weighted by Crippen LogP contribution is -2.54. The smallest absolute Gasteiger partial charge is 0.245 e. The van der Waals surface area contributed by atoms with Crippen LogP contribution < -0.4 is 15.5 Å². The van der Waals surface area contributed by atoms with Crippen molar-refractivity contribution in [1.29, 1.82) is 0 Å². The van der Waals surface area contributed by atoms with Crippen LogP contribution in [0.3, 0.4) is 0 Å². The van der Waals surface area contributed by atoms with Gasteiger partial charge in [-0.1, -0.05) is 0 Å². The molecule has 1 amide bonds. The first-order valence-electron chi connectivity index (χ1n) is 6.93. The molecule has 2 rings (SSSR count). The van der Waals surface area contributed by atoms with Crippen LogP contribution in [0.1, 0.15) is 13.8 Å². The van der Waals surface area contributed by atoms with E-state index in [1.165, 1.54) is 0 Å². The lowest BCUT2D eigenvalue weighted by molar-refractivity contribution is -0.124. The Labute approximate surface area is 128 Å². The van der Waals surface area contributed by atoms with E-state index in [2.05, 4.69) is 25.6 Å². The molecule has 1 aromatic rings. The third-order valence-corrected chi connectivity index (χ3v) is 3.14. The van der Waals surface area contributed by atoms with Crippen molar-refractivity contribution in [3.63, 3.8) is 0 Å². The summed E-state index contributed by atoms with van der Waals surface area (Å²) in [5.41, 5.74) is 0. The van der Waals surface area contributed by atoms with Crippen LogP contribution >= 0.6 is 11.6 Å². The number of carbonyl (C=O) groups is 1. The average Bonchev–Trinajstić information content (AvgIpc) is 2.47. The van der Waals surface area contributed by atoms with Gasteiger partial charge in [0, 0.05) is 19.6 Å². The fourth-order valence-corrected chi connectivity index (χ4v) is 2.21. The van der Waals surface area contributed by atoms with Gasteiger partial charge in [0.15, 0.2) is 0 Å². The molecule has 116 valence electrons. The summed E-state index contributed by atoms with van der Waals surface area (Å²) >= 11 is 5.93. The minimum absolute atomic E-state index is 0.0945. The summed E-state index contributed by atoms with van der Waals surface area (Å²) in [7, 11) is 0. The van der Waals surface area contributed by atoms with Crippen molar-refractivity contribution in [2.75, 3.05) is 43.1 Å². The number of halogens is 1. The molecule has 1 aliphatic heterocycles. The maximum Gasteiger partial charge on any atom is 0.245 e. The zero-order valence-corrected chi connectivity index (χ0v) is 12.9. The highest BCUT2D eigenvalue weighted by molar-refractivity contribution is 6.28. The Morgan fingerprint density at radius 1 is 1.38 bits per heavy atom. The monoisotopic (exact) mass is 314 g/mol. The van der Waals surface area contributed by atoms with Crippen LogP contribution in [0.15, 0.2) is 0 Å². The topological polar surface area (TPSA) is 92.3 Å². The predicted molar refractivity (Wildman–Crippen MR) is 79.6 cm³/mol. The lowest BCUT2D eigenvalue weighted by Gasteiger charge is -2.34. The molecule has 2 N–H and O–H groups in total. The van der Waals surface area contributed by atoms with E-state index in [9.17, 15) is 4.79 Å². The largest absolute Gasteiger partial charge is 0.377 e. The molecule has 9 heteroatoms. The Bertz CT molecular complexity index is 501. The molecule has 1 unspecified atom stereocenters. The Balaban J connectivity index is 2.26. The van der Waals surface area contributed by atoms with E-state index in [0.717, 1.165) is 0 Å². The van der Waals surface area contributed by atoms with Gasteiger partial charge in [0.05, 0.1) is 13.2 Å². The SMILES string of the molecule is CCNC(=O)C1COCCN1c1nc(Cl)nc(NCC)n1. The van der Waals surface area contributed by atoms with Crippen LogP contribution in [0, 0.1) is 0 Å². The van der Waals surface area contributed by atoms with Crippen LogP contribution in [0.5, 0.6) is 0 Å². The van der Waals surface area contributed by atoms with Crippen molar-refractivity contribution in [1.82, 2.24) is 20.3 Å². The van der Waals surface area contributed by atoms with Gasteiger partial charge < -0.3 is 20.3 Å². The number of aromatic nitrogens is 3. The molecule has 0 aliphatic carbocycles. The van der Waals surface area contributed by atoms with Gasteiger partial charge >= 0.3 is 0 Å². The van der Waals surface area contributed by atoms with Gasteiger partial charge in [0.25, 0.3) is 0 Å². The normalized spacial score (nSPS) is 18.4. The first-order valence-corrected chi connectivity index (χ1v) is 7.31. The number of hydrogen-bond acceptors (Lipinski definition) is 7. The first-order chi connectivity index (χ1) is 10.2. The fourth-order valence-electron chi connectivity index (χ4n) is 2.06. The van der Waals surface area contributed by atoms with Crippen molar-refractivity contribution in [2.45, 2.75) is 19.9 Å². The number of amides is 1. The molecular formula is C12H19ClN6O2. The highest BCUT2D eigenvalue weighted by Crippen LogP contribution is 2.18. The van der Waals surface area contributed by atoms with Crippen molar-refractivity contribution < 1.29 is 9.53 Å². The number of carbonyl (C=O) groups excluding carboxylic acids is 1. The van der Waals surface area contributed by atoms with E-state index in [-0.39, 0.29) is 11.2 Å². The quantitative estimate of drug-likeness (QED) is 0.807. The van der Waals surface area contributed by atoms with Gasteiger partial charge in [0.2, 0.25) is 23.1 Å². The average molecular weight is 315 g/mol.